The van der Waals surface area contributed by atoms with E-state index in [0.29, 0.717) is 15.7 Å². The lowest BCUT2D eigenvalue weighted by molar-refractivity contribution is 0.0949. The van der Waals surface area contributed by atoms with Crippen LogP contribution in [0.25, 0.3) is 0 Å². The van der Waals surface area contributed by atoms with Gasteiger partial charge in [0, 0.05) is 41.4 Å². The van der Waals surface area contributed by atoms with Crippen molar-refractivity contribution in [3.63, 3.8) is 0 Å². The molecule has 0 heterocycles. The van der Waals surface area contributed by atoms with Crippen LogP contribution in [0.1, 0.15) is 33.6 Å². The number of amides is 2. The van der Waals surface area contributed by atoms with E-state index in [1.54, 1.807) is 24.3 Å². The van der Waals surface area contributed by atoms with Gasteiger partial charge in [-0.3, -0.25) is 9.59 Å². The first kappa shape index (κ1) is 20.5. The molecule has 0 aliphatic heterocycles. The molecule has 2 N–H and O–H groups in total. The highest BCUT2D eigenvalue weighted by atomic mass is 79.9. The lowest BCUT2D eigenvalue weighted by Crippen LogP contribution is -2.25. The molecule has 2 amide bonds. The molecular weight excluding hydrogens is 446 g/mol. The van der Waals surface area contributed by atoms with Crippen molar-refractivity contribution in [1.82, 2.24) is 9.62 Å². The minimum atomic E-state index is -3.71. The predicted octanol–water partition coefficient (Wildman–Crippen LogP) is 2.84. The van der Waals surface area contributed by atoms with Gasteiger partial charge < -0.3 is 10.6 Å². The number of hydrogen-bond donors (Lipinski definition) is 2. The minimum Gasteiger partial charge on any atom is -0.349 e. The van der Waals surface area contributed by atoms with Crippen LogP contribution < -0.4 is 10.6 Å². The van der Waals surface area contributed by atoms with Crippen molar-refractivity contribution in [3.05, 3.63) is 58.1 Å². The molecule has 0 saturated heterocycles. The van der Waals surface area contributed by atoms with E-state index in [1.165, 1.54) is 32.3 Å². The number of carbonyl (C=O) groups excluding carboxylic acids is 2. The van der Waals surface area contributed by atoms with Gasteiger partial charge in [-0.1, -0.05) is 6.07 Å². The van der Waals surface area contributed by atoms with Gasteiger partial charge in [0.1, 0.15) is 0 Å². The molecule has 28 heavy (non-hydrogen) atoms. The van der Waals surface area contributed by atoms with Crippen LogP contribution in [0.15, 0.2) is 51.8 Å². The summed E-state index contributed by atoms with van der Waals surface area (Å²) in [5.41, 5.74) is 1.10. The van der Waals surface area contributed by atoms with Gasteiger partial charge in [-0.25, -0.2) is 12.7 Å². The largest absolute Gasteiger partial charge is 0.349 e. The van der Waals surface area contributed by atoms with E-state index in [1.807, 2.05) is 0 Å². The summed E-state index contributed by atoms with van der Waals surface area (Å²) in [5.74, 6) is -0.649. The maximum Gasteiger partial charge on any atom is 0.255 e. The molecule has 148 valence electrons. The van der Waals surface area contributed by atoms with Crippen LogP contribution in [0.3, 0.4) is 0 Å². The summed E-state index contributed by atoms with van der Waals surface area (Å²) in [7, 11) is -0.860. The van der Waals surface area contributed by atoms with Gasteiger partial charge in [0.25, 0.3) is 11.8 Å². The van der Waals surface area contributed by atoms with E-state index in [2.05, 4.69) is 26.6 Å². The number of anilines is 1. The molecule has 2 aromatic rings. The molecule has 1 fully saturated rings. The van der Waals surface area contributed by atoms with Crippen LogP contribution >= 0.6 is 15.9 Å². The summed E-state index contributed by atoms with van der Waals surface area (Å²) in [4.78, 5) is 24.8. The fourth-order valence-corrected chi connectivity index (χ4v) is 4.32. The molecule has 0 atom stereocenters. The molecular formula is C19H20BrN3O4S. The van der Waals surface area contributed by atoms with Gasteiger partial charge in [0.2, 0.25) is 10.0 Å². The summed E-state index contributed by atoms with van der Waals surface area (Å²) in [6.07, 6.45) is 1.98. The second-order valence-corrected chi connectivity index (χ2v) is 9.69. The smallest absolute Gasteiger partial charge is 0.255 e. The Morgan fingerprint density at radius 2 is 1.71 bits per heavy atom. The van der Waals surface area contributed by atoms with Crippen LogP contribution in [0.2, 0.25) is 0 Å². The first-order valence-corrected chi connectivity index (χ1v) is 10.9. The van der Waals surface area contributed by atoms with E-state index >= 15 is 0 Å². The second-order valence-electron chi connectivity index (χ2n) is 6.72. The third kappa shape index (κ3) is 4.60. The molecule has 0 unspecified atom stereocenters. The molecule has 0 radical (unpaired) electrons. The van der Waals surface area contributed by atoms with Crippen LogP contribution in [0, 0.1) is 0 Å². The van der Waals surface area contributed by atoms with E-state index in [4.69, 9.17) is 0 Å². The Bertz CT molecular complexity index is 1030. The highest BCUT2D eigenvalue weighted by Gasteiger charge is 2.24. The quantitative estimate of drug-likeness (QED) is 0.685. The van der Waals surface area contributed by atoms with Crippen molar-refractivity contribution < 1.29 is 18.0 Å². The number of hydrogen-bond acceptors (Lipinski definition) is 4. The normalized spacial score (nSPS) is 14.0. The van der Waals surface area contributed by atoms with Gasteiger partial charge in [-0.15, -0.1) is 0 Å². The van der Waals surface area contributed by atoms with E-state index < -0.39 is 15.9 Å². The molecule has 9 heteroatoms. The topological polar surface area (TPSA) is 95.6 Å². The third-order valence-electron chi connectivity index (χ3n) is 4.25. The molecule has 0 spiro atoms. The summed E-state index contributed by atoms with van der Waals surface area (Å²) in [5, 5.41) is 5.60. The summed E-state index contributed by atoms with van der Waals surface area (Å²) in [6.45, 7) is 0. The van der Waals surface area contributed by atoms with Gasteiger partial charge in [-0.05, 0) is 65.2 Å². The van der Waals surface area contributed by atoms with Gasteiger partial charge >= 0.3 is 0 Å². The third-order valence-corrected chi connectivity index (χ3v) is 7.06. The first-order valence-electron chi connectivity index (χ1n) is 8.63. The molecule has 7 nitrogen and oxygen atoms in total. The van der Waals surface area contributed by atoms with Crippen molar-refractivity contribution in [1.29, 1.82) is 0 Å². The molecule has 1 saturated carbocycles. The Balaban J connectivity index is 1.81. The van der Waals surface area contributed by atoms with Crippen molar-refractivity contribution in [2.75, 3.05) is 19.4 Å². The van der Waals surface area contributed by atoms with Crippen molar-refractivity contribution in [3.8, 4) is 0 Å². The lowest BCUT2D eigenvalue weighted by Gasteiger charge is -2.14. The van der Waals surface area contributed by atoms with Crippen molar-refractivity contribution >= 4 is 43.5 Å². The number of carbonyl (C=O) groups is 2. The lowest BCUT2D eigenvalue weighted by atomic mass is 10.1. The fraction of sp³-hybridized carbons (Fsp3) is 0.263. The van der Waals surface area contributed by atoms with Crippen molar-refractivity contribution in [2.24, 2.45) is 0 Å². The van der Waals surface area contributed by atoms with Gasteiger partial charge in [0.05, 0.1) is 4.90 Å². The van der Waals surface area contributed by atoms with E-state index in [-0.39, 0.29) is 22.4 Å². The van der Waals surface area contributed by atoms with Crippen LogP contribution in [-0.2, 0) is 10.0 Å². The van der Waals surface area contributed by atoms with Crippen molar-refractivity contribution in [2.45, 2.75) is 23.8 Å². The molecule has 0 bridgehead atoms. The first-order chi connectivity index (χ1) is 13.2. The second kappa shape index (κ2) is 8.02. The Kier molecular flexibility index (Phi) is 5.87. The van der Waals surface area contributed by atoms with Crippen LogP contribution in [0.5, 0.6) is 0 Å². The molecule has 3 rings (SSSR count). The average Bonchev–Trinajstić information content (AvgIpc) is 3.46. The predicted molar refractivity (Wildman–Crippen MR) is 110 cm³/mol. The Hall–Kier alpha value is -2.23. The van der Waals surface area contributed by atoms with E-state index in [0.717, 1.165) is 17.1 Å². The SMILES string of the molecule is CN(C)S(=O)(=O)c1cc(C(=O)Nc2cccc(C(=O)NC3CC3)c2)ccc1Br. The zero-order valence-corrected chi connectivity index (χ0v) is 17.8. The van der Waals surface area contributed by atoms with Crippen LogP contribution in [-0.4, -0.2) is 44.7 Å². The standard InChI is InChI=1S/C19H20BrN3O4S/c1-23(2)28(26,27)17-11-13(6-9-16(17)20)19(25)22-15-5-3-4-12(10-15)18(24)21-14-7-8-14/h3-6,9-11,14H,7-8H2,1-2H3,(H,21,24)(H,22,25). The summed E-state index contributed by atoms with van der Waals surface area (Å²) in [6, 6.07) is 11.2. The number of nitrogens with zero attached hydrogens (tertiary/aromatic N) is 1. The molecule has 2 aromatic carbocycles. The maximum atomic E-state index is 12.6. The minimum absolute atomic E-state index is 0.00251. The zero-order chi connectivity index (χ0) is 20.5. The van der Waals surface area contributed by atoms with Crippen LogP contribution in [0.4, 0.5) is 5.69 Å². The number of nitrogens with one attached hydrogen (secondary N) is 2. The Labute approximate surface area is 172 Å². The number of benzene rings is 2. The Morgan fingerprint density at radius 3 is 2.36 bits per heavy atom. The number of halogens is 1. The molecule has 1 aliphatic rings. The molecule has 1 aliphatic carbocycles. The highest BCUT2D eigenvalue weighted by Crippen LogP contribution is 2.26. The van der Waals surface area contributed by atoms with E-state index in [9.17, 15) is 18.0 Å². The monoisotopic (exact) mass is 465 g/mol. The van der Waals surface area contributed by atoms with Gasteiger partial charge in [-0.2, -0.15) is 0 Å². The summed E-state index contributed by atoms with van der Waals surface area (Å²) < 4.78 is 26.3. The van der Waals surface area contributed by atoms with Gasteiger partial charge in [0.15, 0.2) is 0 Å². The maximum absolute atomic E-state index is 12.6. The molecule has 0 aromatic heterocycles. The number of rotatable bonds is 6. The zero-order valence-electron chi connectivity index (χ0n) is 15.4. The summed E-state index contributed by atoms with van der Waals surface area (Å²) >= 11 is 3.22. The highest BCUT2D eigenvalue weighted by molar-refractivity contribution is 9.10. The number of sulfonamides is 1. The average molecular weight is 466 g/mol. The Morgan fingerprint density at radius 1 is 1.04 bits per heavy atom. The fourth-order valence-electron chi connectivity index (χ4n) is 2.48.